The van der Waals surface area contributed by atoms with Gasteiger partial charge in [-0.3, -0.25) is 0 Å². The molecule has 0 spiro atoms. The molecular formula is C21H27NO. The molecule has 1 N–H and O–H groups in total. The third-order valence-electron chi connectivity index (χ3n) is 3.60. The summed E-state index contributed by atoms with van der Waals surface area (Å²) >= 11 is 0. The van der Waals surface area contributed by atoms with Crippen LogP contribution in [0.1, 0.15) is 37.3 Å². The van der Waals surface area contributed by atoms with Crippen molar-refractivity contribution in [3.8, 4) is 5.75 Å². The van der Waals surface area contributed by atoms with E-state index in [4.69, 9.17) is 4.74 Å². The quantitative estimate of drug-likeness (QED) is 0.492. The van der Waals surface area contributed by atoms with Crippen LogP contribution in [-0.2, 0) is 0 Å². The molecular weight excluding hydrogens is 282 g/mol. The smallest absolute Gasteiger partial charge is 0.119 e. The van der Waals surface area contributed by atoms with Crippen molar-refractivity contribution in [1.29, 1.82) is 0 Å². The van der Waals surface area contributed by atoms with Crippen molar-refractivity contribution in [1.82, 2.24) is 5.32 Å². The molecule has 2 heteroatoms. The normalized spacial score (nSPS) is 11.0. The number of unbranched alkanes of at least 4 members (excludes halogenated alkanes) is 1. The molecule has 0 aromatic heterocycles. The summed E-state index contributed by atoms with van der Waals surface area (Å²) in [6, 6.07) is 18.6. The van der Waals surface area contributed by atoms with Crippen molar-refractivity contribution in [2.24, 2.45) is 0 Å². The summed E-state index contributed by atoms with van der Waals surface area (Å²) < 4.78 is 5.83. The lowest BCUT2D eigenvalue weighted by Gasteiger charge is -2.07. The second-order valence-electron chi connectivity index (χ2n) is 5.62. The summed E-state index contributed by atoms with van der Waals surface area (Å²) in [6.45, 7) is 5.10. The van der Waals surface area contributed by atoms with Crippen LogP contribution >= 0.6 is 0 Å². The van der Waals surface area contributed by atoms with E-state index in [0.29, 0.717) is 0 Å². The minimum atomic E-state index is 0.755. The maximum atomic E-state index is 5.83. The van der Waals surface area contributed by atoms with Crippen molar-refractivity contribution >= 4 is 12.2 Å². The summed E-state index contributed by atoms with van der Waals surface area (Å²) in [7, 11) is 0. The first-order chi connectivity index (χ1) is 11.4. The monoisotopic (exact) mass is 309 g/mol. The van der Waals surface area contributed by atoms with Crippen LogP contribution in [0.2, 0.25) is 0 Å². The maximum Gasteiger partial charge on any atom is 0.119 e. The molecule has 2 rings (SSSR count). The Labute approximate surface area is 140 Å². The van der Waals surface area contributed by atoms with Gasteiger partial charge in [-0.1, -0.05) is 68.0 Å². The maximum absolute atomic E-state index is 5.83. The molecule has 0 unspecified atom stereocenters. The number of ether oxygens (including phenoxy) is 1. The highest BCUT2D eigenvalue weighted by Crippen LogP contribution is 2.16. The van der Waals surface area contributed by atoms with Gasteiger partial charge in [-0.15, -0.1) is 0 Å². The van der Waals surface area contributed by atoms with E-state index >= 15 is 0 Å². The Morgan fingerprint density at radius 1 is 0.870 bits per heavy atom. The molecule has 2 nitrogen and oxygen atoms in total. The first kappa shape index (κ1) is 17.3. The highest BCUT2D eigenvalue weighted by molar-refractivity contribution is 5.70. The van der Waals surface area contributed by atoms with E-state index in [1.807, 2.05) is 30.3 Å². The van der Waals surface area contributed by atoms with Crippen LogP contribution in [0.15, 0.2) is 54.6 Å². The number of benzene rings is 2. The van der Waals surface area contributed by atoms with Gasteiger partial charge in [0.15, 0.2) is 0 Å². The average molecular weight is 309 g/mol. The third-order valence-corrected chi connectivity index (χ3v) is 3.60. The van der Waals surface area contributed by atoms with E-state index < -0.39 is 0 Å². The Bertz CT molecular complexity index is 577. The van der Waals surface area contributed by atoms with E-state index in [1.54, 1.807) is 0 Å². The zero-order chi connectivity index (χ0) is 16.2. The molecule has 0 atom stereocenters. The van der Waals surface area contributed by atoms with E-state index in [-0.39, 0.29) is 0 Å². The Morgan fingerprint density at radius 2 is 1.61 bits per heavy atom. The van der Waals surface area contributed by atoms with Crippen molar-refractivity contribution < 1.29 is 4.74 Å². The fraction of sp³-hybridized carbons (Fsp3) is 0.333. The number of hydrogen-bond acceptors (Lipinski definition) is 2. The highest BCUT2D eigenvalue weighted by atomic mass is 16.5. The van der Waals surface area contributed by atoms with Gasteiger partial charge in [0, 0.05) is 0 Å². The second kappa shape index (κ2) is 10.6. The lowest BCUT2D eigenvalue weighted by atomic mass is 10.1. The SMILES string of the molecule is CCCCNCCCOc1cccc(C=Cc2ccccc2)c1. The molecule has 122 valence electrons. The molecule has 0 bridgehead atoms. The first-order valence-electron chi connectivity index (χ1n) is 8.55. The van der Waals surface area contributed by atoms with Crippen LogP contribution in [0, 0.1) is 0 Å². The minimum Gasteiger partial charge on any atom is -0.494 e. The number of hydrogen-bond donors (Lipinski definition) is 1. The zero-order valence-electron chi connectivity index (χ0n) is 14.0. The van der Waals surface area contributed by atoms with Crippen LogP contribution in [0.25, 0.3) is 12.2 Å². The summed E-state index contributed by atoms with van der Waals surface area (Å²) in [5.74, 6) is 0.939. The molecule has 0 aliphatic heterocycles. The Hall–Kier alpha value is -2.06. The largest absolute Gasteiger partial charge is 0.494 e. The molecule has 0 heterocycles. The summed E-state index contributed by atoms with van der Waals surface area (Å²) in [5.41, 5.74) is 2.37. The standard InChI is InChI=1S/C21H27NO/c1-2-3-15-22-16-8-17-23-21-12-7-11-20(18-21)14-13-19-9-5-4-6-10-19/h4-7,9-14,18,22H,2-3,8,15-17H2,1H3. The number of rotatable bonds is 10. The van der Waals surface area contributed by atoms with Gasteiger partial charge in [0.2, 0.25) is 0 Å². The van der Waals surface area contributed by atoms with Gasteiger partial charge >= 0.3 is 0 Å². The number of nitrogens with one attached hydrogen (secondary N) is 1. The van der Waals surface area contributed by atoms with E-state index in [2.05, 4.69) is 48.7 Å². The molecule has 0 saturated carbocycles. The predicted octanol–water partition coefficient (Wildman–Crippen LogP) is 5.02. The van der Waals surface area contributed by atoms with Crippen LogP contribution in [0.4, 0.5) is 0 Å². The molecule has 23 heavy (non-hydrogen) atoms. The molecule has 0 amide bonds. The lowest BCUT2D eigenvalue weighted by Crippen LogP contribution is -2.18. The molecule has 0 aliphatic rings. The van der Waals surface area contributed by atoms with Gasteiger partial charge in [0.25, 0.3) is 0 Å². The lowest BCUT2D eigenvalue weighted by molar-refractivity contribution is 0.308. The van der Waals surface area contributed by atoms with Gasteiger partial charge in [-0.2, -0.15) is 0 Å². The Balaban J connectivity index is 1.75. The minimum absolute atomic E-state index is 0.755. The van der Waals surface area contributed by atoms with Crippen molar-refractivity contribution in [2.45, 2.75) is 26.2 Å². The summed E-state index contributed by atoms with van der Waals surface area (Å²) in [4.78, 5) is 0. The topological polar surface area (TPSA) is 21.3 Å². The van der Waals surface area contributed by atoms with Gasteiger partial charge in [-0.25, -0.2) is 0 Å². The molecule has 0 fully saturated rings. The van der Waals surface area contributed by atoms with Crippen molar-refractivity contribution in [2.75, 3.05) is 19.7 Å². The summed E-state index contributed by atoms with van der Waals surface area (Å²) in [5, 5.41) is 3.43. The van der Waals surface area contributed by atoms with Gasteiger partial charge < -0.3 is 10.1 Å². The molecule has 0 radical (unpaired) electrons. The van der Waals surface area contributed by atoms with Gasteiger partial charge in [0.05, 0.1) is 6.61 Å². The molecule has 2 aromatic carbocycles. The highest BCUT2D eigenvalue weighted by Gasteiger charge is 1.95. The van der Waals surface area contributed by atoms with Crippen LogP contribution < -0.4 is 10.1 Å². The van der Waals surface area contributed by atoms with Crippen molar-refractivity contribution in [3.63, 3.8) is 0 Å². The van der Waals surface area contributed by atoms with Crippen LogP contribution in [0.5, 0.6) is 5.75 Å². The van der Waals surface area contributed by atoms with Gasteiger partial charge in [0.1, 0.15) is 5.75 Å². The van der Waals surface area contributed by atoms with E-state index in [1.165, 1.54) is 18.4 Å². The predicted molar refractivity (Wildman–Crippen MR) is 99.7 cm³/mol. The fourth-order valence-electron chi connectivity index (χ4n) is 2.28. The van der Waals surface area contributed by atoms with Gasteiger partial charge in [-0.05, 0) is 49.2 Å². The van der Waals surface area contributed by atoms with Crippen molar-refractivity contribution in [3.05, 3.63) is 65.7 Å². The van der Waals surface area contributed by atoms with E-state index in [9.17, 15) is 0 Å². The third kappa shape index (κ3) is 7.16. The Morgan fingerprint density at radius 3 is 2.43 bits per heavy atom. The fourth-order valence-corrected chi connectivity index (χ4v) is 2.28. The molecule has 0 aliphatic carbocycles. The second-order valence-corrected chi connectivity index (χ2v) is 5.62. The van der Waals surface area contributed by atoms with E-state index in [0.717, 1.165) is 37.4 Å². The molecule has 0 saturated heterocycles. The zero-order valence-corrected chi connectivity index (χ0v) is 14.0. The summed E-state index contributed by atoms with van der Waals surface area (Å²) in [6.07, 6.45) is 7.77. The molecule has 2 aromatic rings. The Kier molecular flexibility index (Phi) is 7.99. The first-order valence-corrected chi connectivity index (χ1v) is 8.55. The average Bonchev–Trinajstić information content (AvgIpc) is 2.60. The van der Waals surface area contributed by atoms with Crippen LogP contribution in [0.3, 0.4) is 0 Å². The van der Waals surface area contributed by atoms with Crippen LogP contribution in [-0.4, -0.2) is 19.7 Å².